The van der Waals surface area contributed by atoms with Crippen LogP contribution in [0.2, 0.25) is 0 Å². The highest BCUT2D eigenvalue weighted by molar-refractivity contribution is 5.46. The molecule has 66 heavy (non-hydrogen) atoms. The normalized spacial score (nSPS) is 17.4. The molecule has 2 unspecified atom stereocenters. The fraction of sp³-hybridized carbons (Fsp3) is 0.375. The van der Waals surface area contributed by atoms with E-state index in [-0.39, 0.29) is 60.7 Å². The highest BCUT2D eigenvalue weighted by atomic mass is 19.4. The summed E-state index contributed by atoms with van der Waals surface area (Å²) in [6.45, 7) is 5.15. The van der Waals surface area contributed by atoms with Gasteiger partial charge in [-0.15, -0.1) is 0 Å². The number of nitrogens with zero attached hydrogens (tertiary/aromatic N) is 8. The lowest BCUT2D eigenvalue weighted by molar-refractivity contribution is -0.142. The Balaban J connectivity index is 0.861. The van der Waals surface area contributed by atoms with Gasteiger partial charge in [0.1, 0.15) is 11.6 Å². The van der Waals surface area contributed by atoms with E-state index in [1.54, 1.807) is 41.8 Å². The van der Waals surface area contributed by atoms with Crippen molar-refractivity contribution in [1.82, 2.24) is 39.1 Å². The molecule has 4 heterocycles. The SMILES string of the molecule is C[C@@H](OCc1ccccc1)c1cc(F)ccc1-n1nc(C(F)(F)F)cc1Cc1cnn(CC2CC2CO[C@H](C)c2cc(F)ccc2-n2nc(C(F)(F)F)cc2Cc2cnn(CC3CC3)c2)c1. The van der Waals surface area contributed by atoms with Crippen LogP contribution in [0, 0.1) is 29.4 Å². The average Bonchev–Trinajstić information content (AvgIpc) is 3.93. The van der Waals surface area contributed by atoms with Gasteiger partial charge in [-0.2, -0.15) is 46.7 Å². The van der Waals surface area contributed by atoms with Crippen LogP contribution >= 0.6 is 0 Å². The monoisotopic (exact) mass is 918 g/mol. The van der Waals surface area contributed by atoms with Crippen LogP contribution in [0.3, 0.4) is 0 Å². The number of aromatic nitrogens is 8. The summed E-state index contributed by atoms with van der Waals surface area (Å²) in [6, 6.07) is 19.0. The lowest BCUT2D eigenvalue weighted by Gasteiger charge is -2.19. The number of rotatable bonds is 18. The third-order valence-electron chi connectivity index (χ3n) is 12.1. The number of ether oxygens (including phenoxy) is 2. The molecular formula is C48H46F8N8O2. The first-order valence-electron chi connectivity index (χ1n) is 21.8. The second-order valence-electron chi connectivity index (χ2n) is 17.4. The lowest BCUT2D eigenvalue weighted by Crippen LogP contribution is -2.13. The van der Waals surface area contributed by atoms with Crippen LogP contribution in [0.5, 0.6) is 0 Å². The topological polar surface area (TPSA) is 89.7 Å². The zero-order valence-electron chi connectivity index (χ0n) is 36.0. The van der Waals surface area contributed by atoms with E-state index in [0.717, 1.165) is 49.1 Å². The smallest absolute Gasteiger partial charge is 0.373 e. The summed E-state index contributed by atoms with van der Waals surface area (Å²) in [5, 5.41) is 16.8. The Labute approximate surface area is 374 Å². The zero-order chi connectivity index (χ0) is 46.3. The molecule has 9 rings (SSSR count). The van der Waals surface area contributed by atoms with Crippen LogP contribution in [-0.4, -0.2) is 45.7 Å². The van der Waals surface area contributed by atoms with Crippen molar-refractivity contribution in [3.63, 3.8) is 0 Å². The molecular weight excluding hydrogens is 873 g/mol. The minimum atomic E-state index is -4.74. The predicted octanol–water partition coefficient (Wildman–Crippen LogP) is 11.1. The molecule has 3 aromatic carbocycles. The van der Waals surface area contributed by atoms with E-state index in [9.17, 15) is 35.1 Å². The molecule has 0 bridgehead atoms. The lowest BCUT2D eigenvalue weighted by atomic mass is 10.1. The van der Waals surface area contributed by atoms with E-state index in [1.807, 2.05) is 36.5 Å². The van der Waals surface area contributed by atoms with E-state index in [0.29, 0.717) is 29.2 Å². The van der Waals surface area contributed by atoms with Crippen LogP contribution < -0.4 is 0 Å². The predicted molar refractivity (Wildman–Crippen MR) is 225 cm³/mol. The minimum absolute atomic E-state index is 0.0380. The van der Waals surface area contributed by atoms with Gasteiger partial charge in [0.25, 0.3) is 0 Å². The van der Waals surface area contributed by atoms with Gasteiger partial charge in [0, 0.05) is 60.8 Å². The maximum Gasteiger partial charge on any atom is 0.435 e. The molecule has 2 aliphatic carbocycles. The van der Waals surface area contributed by atoms with E-state index in [1.165, 1.54) is 45.8 Å². The largest absolute Gasteiger partial charge is 0.435 e. The average molecular weight is 919 g/mol. The molecule has 0 aliphatic heterocycles. The molecule has 10 nitrogen and oxygen atoms in total. The Morgan fingerprint density at radius 3 is 1.65 bits per heavy atom. The maximum absolute atomic E-state index is 14.8. The van der Waals surface area contributed by atoms with Gasteiger partial charge < -0.3 is 9.47 Å². The van der Waals surface area contributed by atoms with Gasteiger partial charge >= 0.3 is 12.4 Å². The zero-order valence-corrected chi connectivity index (χ0v) is 36.0. The molecule has 0 radical (unpaired) electrons. The molecule has 0 saturated heterocycles. The standard InChI is InChI=1S/C48H46F8N8O2/c1-29(65-27-32-6-4-3-5-7-32)41-17-37(49)10-12-43(41)63-40(20-46(59-63)48(54,55)56)15-34-22-58-62(25-34)26-35-16-36(35)28-66-30(2)42-18-38(50)11-13-44(42)64-39(19-45(60-64)47(51,52)53)14-33-21-57-61(24-33)23-31-8-9-31/h3-7,10-13,17-22,24-25,29-31,35-36H,8-9,14-16,23,26-28H2,1-2H3/t29-,30-,35?,36?/m1/s1. The Morgan fingerprint density at radius 1 is 0.621 bits per heavy atom. The van der Waals surface area contributed by atoms with Crippen molar-refractivity contribution >= 4 is 0 Å². The molecule has 4 atom stereocenters. The molecule has 2 saturated carbocycles. The van der Waals surface area contributed by atoms with Gasteiger partial charge in [-0.1, -0.05) is 30.3 Å². The van der Waals surface area contributed by atoms with Gasteiger partial charge in [-0.25, -0.2) is 18.1 Å². The fourth-order valence-corrected chi connectivity index (χ4v) is 8.27. The van der Waals surface area contributed by atoms with Crippen molar-refractivity contribution in [2.75, 3.05) is 6.61 Å². The van der Waals surface area contributed by atoms with Crippen LogP contribution in [0.4, 0.5) is 35.1 Å². The summed E-state index contributed by atoms with van der Waals surface area (Å²) in [5.74, 6) is -0.343. The van der Waals surface area contributed by atoms with Gasteiger partial charge in [0.15, 0.2) is 11.4 Å². The third kappa shape index (κ3) is 10.6. The maximum atomic E-state index is 14.8. The molecule has 2 aliphatic rings. The molecule has 0 N–H and O–H groups in total. The van der Waals surface area contributed by atoms with Crippen molar-refractivity contribution in [2.45, 2.75) is 90.2 Å². The number of hydrogen-bond acceptors (Lipinski definition) is 6. The fourth-order valence-electron chi connectivity index (χ4n) is 8.27. The summed E-state index contributed by atoms with van der Waals surface area (Å²) in [6.07, 6.45) is -0.859. The van der Waals surface area contributed by atoms with E-state index in [2.05, 4.69) is 20.4 Å². The third-order valence-corrected chi connectivity index (χ3v) is 12.1. The Kier molecular flexibility index (Phi) is 12.5. The van der Waals surface area contributed by atoms with Crippen molar-refractivity contribution < 1.29 is 44.6 Å². The van der Waals surface area contributed by atoms with Gasteiger partial charge in [0.05, 0.1) is 49.2 Å². The van der Waals surface area contributed by atoms with Crippen molar-refractivity contribution in [3.8, 4) is 11.4 Å². The van der Waals surface area contributed by atoms with Crippen LogP contribution in [0.15, 0.2) is 104 Å². The quantitative estimate of drug-likeness (QED) is 0.0797. The molecule has 0 amide bonds. The van der Waals surface area contributed by atoms with Gasteiger partial charge in [-0.3, -0.25) is 9.36 Å². The summed E-state index contributed by atoms with van der Waals surface area (Å²) in [4.78, 5) is 0. The summed E-state index contributed by atoms with van der Waals surface area (Å²) in [5.41, 5.74) is 1.72. The first-order valence-corrected chi connectivity index (χ1v) is 21.8. The van der Waals surface area contributed by atoms with Gasteiger partial charge in [0.2, 0.25) is 0 Å². The Bertz CT molecular complexity index is 2790. The number of halogens is 8. The Hall–Kier alpha value is -6.14. The Morgan fingerprint density at radius 2 is 1.14 bits per heavy atom. The molecule has 4 aromatic heterocycles. The second kappa shape index (κ2) is 18.3. The molecule has 0 spiro atoms. The highest BCUT2D eigenvalue weighted by Gasteiger charge is 2.39. The summed E-state index contributed by atoms with van der Waals surface area (Å²) < 4.78 is 132. The first kappa shape index (κ1) is 45.0. The summed E-state index contributed by atoms with van der Waals surface area (Å²) >= 11 is 0. The number of benzene rings is 3. The van der Waals surface area contributed by atoms with Gasteiger partial charge in [-0.05, 0) is 116 Å². The summed E-state index contributed by atoms with van der Waals surface area (Å²) in [7, 11) is 0. The van der Waals surface area contributed by atoms with E-state index >= 15 is 0 Å². The molecule has 346 valence electrons. The molecule has 2 fully saturated rings. The number of hydrogen-bond donors (Lipinski definition) is 0. The van der Waals surface area contributed by atoms with E-state index in [4.69, 9.17) is 9.47 Å². The minimum Gasteiger partial charge on any atom is -0.373 e. The first-order chi connectivity index (χ1) is 31.5. The second-order valence-corrected chi connectivity index (χ2v) is 17.4. The van der Waals surface area contributed by atoms with E-state index < -0.39 is 47.6 Å². The van der Waals surface area contributed by atoms with Crippen LogP contribution in [-0.2, 0) is 54.4 Å². The van der Waals surface area contributed by atoms with Crippen LogP contribution in [0.1, 0.15) is 95.9 Å². The van der Waals surface area contributed by atoms with Crippen LogP contribution in [0.25, 0.3) is 11.4 Å². The van der Waals surface area contributed by atoms with Crippen molar-refractivity contribution in [3.05, 3.63) is 166 Å². The highest BCUT2D eigenvalue weighted by Crippen LogP contribution is 2.42. The molecule has 18 heteroatoms. The van der Waals surface area contributed by atoms with Crippen molar-refractivity contribution in [2.24, 2.45) is 17.8 Å². The number of alkyl halides is 6. The van der Waals surface area contributed by atoms with Crippen molar-refractivity contribution in [1.29, 1.82) is 0 Å². The molecule has 7 aromatic rings.